The Kier molecular flexibility index (Phi) is 5.39. The number of aromatic nitrogens is 4. The van der Waals surface area contributed by atoms with Crippen LogP contribution in [0.4, 0.5) is 5.95 Å². The second-order valence-electron chi connectivity index (χ2n) is 17.2. The third kappa shape index (κ3) is 3.29. The highest BCUT2D eigenvalue weighted by Gasteiger charge is 2.77. The SMILES string of the molecule is CC1CC=Cc2c1c1c3c4ccccc4n(-c4ccccc4)c3c3c(c1n2-c1ccccc1)C(=O)N(c1ncc(C24CC5CC6CC(C2)C65C4)cn1)C3=O. The van der Waals surface area contributed by atoms with Crippen molar-refractivity contribution in [3.63, 3.8) is 0 Å². The van der Waals surface area contributed by atoms with Crippen LogP contribution in [0.5, 0.6) is 0 Å². The van der Waals surface area contributed by atoms with Gasteiger partial charge in [0.1, 0.15) is 0 Å². The lowest BCUT2D eigenvalue weighted by Crippen LogP contribution is -2.59. The van der Waals surface area contributed by atoms with Crippen LogP contribution in [0.15, 0.2) is 103 Å². The largest absolute Gasteiger partial charge is 0.309 e. The summed E-state index contributed by atoms with van der Waals surface area (Å²) in [6.45, 7) is 2.27. The molecule has 1 spiro atoms. The lowest BCUT2D eigenvalue weighted by molar-refractivity contribution is -0.175. The Bertz CT molecular complexity index is 2850. The summed E-state index contributed by atoms with van der Waals surface area (Å²) >= 11 is 0. The van der Waals surface area contributed by atoms with Gasteiger partial charge in [0.2, 0.25) is 5.95 Å². The summed E-state index contributed by atoms with van der Waals surface area (Å²) < 4.78 is 4.41. The van der Waals surface area contributed by atoms with Gasteiger partial charge < -0.3 is 9.13 Å². The highest BCUT2D eigenvalue weighted by atomic mass is 16.2. The van der Waals surface area contributed by atoms with E-state index in [0.717, 1.165) is 74.0 Å². The van der Waals surface area contributed by atoms with Crippen LogP contribution >= 0.6 is 0 Å². The number of nitrogens with zero attached hydrogens (tertiary/aromatic N) is 5. The third-order valence-electron chi connectivity index (χ3n) is 15.0. The summed E-state index contributed by atoms with van der Waals surface area (Å²) in [7, 11) is 0. The minimum atomic E-state index is -0.380. The standard InChI is InChI=1S/C47H37N5O2/c1-26-11-10-18-35-36(26)38-37-33-16-8-9-17-34(33)50(31-12-4-2-5-13-31)41(37)39-40(42(38)51(35)32-14-6-3-7-15-32)44(54)52(43(39)53)45-48-23-30(24-49-45)46-21-28-19-27-20-29(22-46)47(27,28)25-46/h2-10,12-18,23-24,26-29H,11,19-22,25H2,1H3. The lowest BCUT2D eigenvalue weighted by atomic mass is 9.38. The minimum Gasteiger partial charge on any atom is -0.309 e. The summed E-state index contributed by atoms with van der Waals surface area (Å²) in [5, 5.41) is 3.09. The normalized spacial score (nSPS) is 28.5. The topological polar surface area (TPSA) is 73.0 Å². The molecule has 0 radical (unpaired) electrons. The number of amides is 2. The first-order chi connectivity index (χ1) is 26.5. The molecule has 54 heavy (non-hydrogen) atoms. The van der Waals surface area contributed by atoms with Crippen LogP contribution < -0.4 is 4.90 Å². The Labute approximate surface area is 311 Å². The van der Waals surface area contributed by atoms with E-state index < -0.39 is 0 Å². The molecule has 4 saturated carbocycles. The van der Waals surface area contributed by atoms with E-state index in [1.165, 1.54) is 48.1 Å². The molecule has 0 saturated heterocycles. The molecule has 2 bridgehead atoms. The molecule has 13 rings (SSSR count). The van der Waals surface area contributed by atoms with E-state index in [1.807, 2.05) is 54.9 Å². The van der Waals surface area contributed by atoms with E-state index in [1.54, 1.807) is 0 Å². The quantitative estimate of drug-likeness (QED) is 0.171. The zero-order chi connectivity index (χ0) is 35.7. The number of benzene rings is 4. The fourth-order valence-electron chi connectivity index (χ4n) is 13.0. The van der Waals surface area contributed by atoms with Gasteiger partial charge in [0.15, 0.2) is 0 Å². The molecule has 4 heterocycles. The zero-order valence-corrected chi connectivity index (χ0v) is 30.0. The summed E-state index contributed by atoms with van der Waals surface area (Å²) in [6, 6.07) is 28.8. The van der Waals surface area contributed by atoms with Crippen LogP contribution in [-0.4, -0.2) is 30.9 Å². The Morgan fingerprint density at radius 1 is 0.704 bits per heavy atom. The van der Waals surface area contributed by atoms with E-state index >= 15 is 9.59 Å². The van der Waals surface area contributed by atoms with Crippen LogP contribution in [0.2, 0.25) is 0 Å². The maximum absolute atomic E-state index is 15.3. The molecule has 7 nitrogen and oxygen atoms in total. The summed E-state index contributed by atoms with van der Waals surface area (Å²) in [6.07, 6.45) is 15.7. The first kappa shape index (κ1) is 29.6. The van der Waals surface area contributed by atoms with E-state index in [-0.39, 0.29) is 29.1 Å². The van der Waals surface area contributed by atoms with Crippen LogP contribution in [0.1, 0.15) is 88.9 Å². The number of hydrogen-bond acceptors (Lipinski definition) is 4. The van der Waals surface area contributed by atoms with Crippen LogP contribution in [0.3, 0.4) is 0 Å². The molecular formula is C47H37N5O2. The second-order valence-corrected chi connectivity index (χ2v) is 17.2. The van der Waals surface area contributed by atoms with Gasteiger partial charge in [0.25, 0.3) is 11.8 Å². The average Bonchev–Trinajstić information content (AvgIpc) is 3.96. The number of hydrogen-bond donors (Lipinski definition) is 0. The number of allylic oxidation sites excluding steroid dienone is 1. The molecule has 3 unspecified atom stereocenters. The van der Waals surface area contributed by atoms with Gasteiger partial charge in [0.05, 0.1) is 33.4 Å². The van der Waals surface area contributed by atoms with Crippen molar-refractivity contribution in [3.05, 3.63) is 131 Å². The van der Waals surface area contributed by atoms with Gasteiger partial charge in [0, 0.05) is 39.9 Å². The number of carbonyl (C=O) groups excluding carboxylic acids is 2. The summed E-state index contributed by atoms with van der Waals surface area (Å²) in [4.78, 5) is 41.6. The molecule has 1 aliphatic heterocycles. The molecule has 5 aliphatic carbocycles. The van der Waals surface area contributed by atoms with Gasteiger partial charge in [-0.15, -0.1) is 0 Å². The second kappa shape index (κ2) is 9.83. The predicted octanol–water partition coefficient (Wildman–Crippen LogP) is 9.92. The molecule has 7 heteroatoms. The lowest BCUT2D eigenvalue weighted by Gasteiger charge is -2.66. The van der Waals surface area contributed by atoms with E-state index in [9.17, 15) is 0 Å². The molecular weight excluding hydrogens is 667 g/mol. The van der Waals surface area contributed by atoms with Crippen LogP contribution in [-0.2, 0) is 5.41 Å². The average molecular weight is 704 g/mol. The van der Waals surface area contributed by atoms with Gasteiger partial charge >= 0.3 is 0 Å². The van der Waals surface area contributed by atoms with Gasteiger partial charge in [-0.05, 0) is 121 Å². The summed E-state index contributed by atoms with van der Waals surface area (Å²) in [5.41, 5.74) is 9.38. The molecule has 3 atom stereocenters. The summed E-state index contributed by atoms with van der Waals surface area (Å²) in [5.74, 6) is 2.21. The molecule has 4 fully saturated rings. The van der Waals surface area contributed by atoms with Crippen molar-refractivity contribution in [2.75, 3.05) is 4.90 Å². The van der Waals surface area contributed by atoms with Crippen molar-refractivity contribution in [1.29, 1.82) is 0 Å². The highest BCUT2D eigenvalue weighted by Crippen LogP contribution is 2.84. The first-order valence-electron chi connectivity index (χ1n) is 19.6. The molecule has 3 aromatic heterocycles. The van der Waals surface area contributed by atoms with Gasteiger partial charge in [-0.1, -0.05) is 67.6 Å². The molecule has 7 aromatic rings. The van der Waals surface area contributed by atoms with Gasteiger partial charge in [-0.3, -0.25) is 9.59 Å². The van der Waals surface area contributed by atoms with Crippen LogP contribution in [0.25, 0.3) is 50.2 Å². The number of fused-ring (bicyclic) bond motifs is 11. The number of imide groups is 1. The smallest absolute Gasteiger partial charge is 0.270 e. The fourth-order valence-corrected chi connectivity index (χ4v) is 13.0. The Morgan fingerprint density at radius 2 is 1.31 bits per heavy atom. The Hall–Kier alpha value is -5.82. The minimum absolute atomic E-state index is 0.135. The molecule has 0 N–H and O–H groups in total. The molecule has 4 aromatic carbocycles. The van der Waals surface area contributed by atoms with E-state index in [4.69, 9.17) is 9.97 Å². The molecule has 2 amide bonds. The highest BCUT2D eigenvalue weighted by molar-refractivity contribution is 6.43. The van der Waals surface area contributed by atoms with Crippen LogP contribution in [0, 0.1) is 23.2 Å². The van der Waals surface area contributed by atoms with E-state index in [0.29, 0.717) is 16.5 Å². The Balaban J connectivity index is 1.10. The van der Waals surface area contributed by atoms with Crippen molar-refractivity contribution in [2.24, 2.45) is 23.2 Å². The number of rotatable bonds is 4. The maximum Gasteiger partial charge on any atom is 0.270 e. The van der Waals surface area contributed by atoms with Crippen molar-refractivity contribution >= 4 is 56.5 Å². The Morgan fingerprint density at radius 3 is 1.96 bits per heavy atom. The van der Waals surface area contributed by atoms with Gasteiger partial charge in [-0.25, -0.2) is 14.9 Å². The third-order valence-corrected chi connectivity index (χ3v) is 15.0. The van der Waals surface area contributed by atoms with Crippen molar-refractivity contribution < 1.29 is 9.59 Å². The van der Waals surface area contributed by atoms with Crippen molar-refractivity contribution in [2.45, 2.75) is 56.8 Å². The monoisotopic (exact) mass is 703 g/mol. The maximum atomic E-state index is 15.3. The zero-order valence-electron chi connectivity index (χ0n) is 30.0. The van der Waals surface area contributed by atoms with Gasteiger partial charge in [-0.2, -0.15) is 0 Å². The molecule has 262 valence electrons. The predicted molar refractivity (Wildman–Crippen MR) is 211 cm³/mol. The first-order valence-corrected chi connectivity index (χ1v) is 19.6. The number of carbonyl (C=O) groups is 2. The number of para-hydroxylation sites is 3. The van der Waals surface area contributed by atoms with Crippen molar-refractivity contribution in [1.82, 2.24) is 19.1 Å². The van der Waals surface area contributed by atoms with Crippen molar-refractivity contribution in [3.8, 4) is 11.4 Å². The fraction of sp³-hybridized carbons (Fsp3) is 0.277. The van der Waals surface area contributed by atoms with E-state index in [2.05, 4.69) is 70.7 Å². The molecule has 6 aliphatic rings. The number of anilines is 1.